The van der Waals surface area contributed by atoms with Gasteiger partial charge in [-0.3, -0.25) is 4.79 Å². The monoisotopic (exact) mass is 334 g/mol. The van der Waals surface area contributed by atoms with Gasteiger partial charge in [-0.25, -0.2) is 0 Å². The summed E-state index contributed by atoms with van der Waals surface area (Å²) >= 11 is 3.77. The van der Waals surface area contributed by atoms with Gasteiger partial charge in [-0.2, -0.15) is 0 Å². The van der Waals surface area contributed by atoms with Gasteiger partial charge in [0.1, 0.15) is 0 Å². The van der Waals surface area contributed by atoms with Crippen LogP contribution in [0.25, 0.3) is 0 Å². The van der Waals surface area contributed by atoms with Crippen molar-refractivity contribution in [3.63, 3.8) is 0 Å². The maximum Gasteiger partial charge on any atom is 0.303 e. The lowest BCUT2D eigenvalue weighted by Gasteiger charge is -2.09. The molecule has 19 heavy (non-hydrogen) atoms. The van der Waals surface area contributed by atoms with E-state index in [9.17, 15) is 4.79 Å². The minimum absolute atomic E-state index is 0.335. The molecule has 0 aliphatic rings. The van der Waals surface area contributed by atoms with Gasteiger partial charge in [-0.15, -0.1) is 0 Å². The number of rotatable bonds is 14. The molecule has 0 heterocycles. The molecule has 0 saturated carbocycles. The summed E-state index contributed by atoms with van der Waals surface area (Å²) in [6, 6.07) is 0. The molecular formula is C16H31BrO2. The van der Waals surface area contributed by atoms with Gasteiger partial charge in [0.15, 0.2) is 0 Å². The van der Waals surface area contributed by atoms with Crippen LogP contribution in [0.15, 0.2) is 0 Å². The Morgan fingerprint density at radius 3 is 1.89 bits per heavy atom. The predicted molar refractivity (Wildman–Crippen MR) is 86.0 cm³/mol. The van der Waals surface area contributed by atoms with E-state index < -0.39 is 5.97 Å². The number of alkyl halides is 1. The van der Waals surface area contributed by atoms with Crippen molar-refractivity contribution in [1.29, 1.82) is 0 Å². The van der Waals surface area contributed by atoms with Gasteiger partial charge in [0.25, 0.3) is 0 Å². The average Bonchev–Trinajstić information content (AvgIpc) is 2.37. The lowest BCUT2D eigenvalue weighted by molar-refractivity contribution is -0.137. The second kappa shape index (κ2) is 14.4. The first kappa shape index (κ1) is 18.9. The molecular weight excluding hydrogens is 304 g/mol. The first-order valence-electron chi connectivity index (χ1n) is 8.02. The Bertz CT molecular complexity index is 207. The van der Waals surface area contributed by atoms with E-state index in [4.69, 9.17) is 5.11 Å². The van der Waals surface area contributed by atoms with Gasteiger partial charge in [0.05, 0.1) is 0 Å². The Labute approximate surface area is 127 Å². The molecule has 3 heteroatoms. The van der Waals surface area contributed by atoms with E-state index in [-0.39, 0.29) is 0 Å². The highest BCUT2D eigenvalue weighted by Gasteiger charge is 2.03. The van der Waals surface area contributed by atoms with Crippen LogP contribution in [0.5, 0.6) is 0 Å². The molecule has 2 nitrogen and oxygen atoms in total. The number of halogens is 1. The smallest absolute Gasteiger partial charge is 0.303 e. The molecule has 0 radical (unpaired) electrons. The van der Waals surface area contributed by atoms with Crippen LogP contribution >= 0.6 is 15.9 Å². The van der Waals surface area contributed by atoms with Gasteiger partial charge in [-0.1, -0.05) is 80.6 Å². The fourth-order valence-corrected chi connectivity index (χ4v) is 2.93. The molecule has 0 aliphatic carbocycles. The molecule has 1 unspecified atom stereocenters. The van der Waals surface area contributed by atoms with E-state index >= 15 is 0 Å². The topological polar surface area (TPSA) is 37.3 Å². The Morgan fingerprint density at radius 2 is 1.37 bits per heavy atom. The summed E-state index contributed by atoms with van der Waals surface area (Å²) in [4.78, 5) is 11.0. The van der Waals surface area contributed by atoms with E-state index in [0.717, 1.165) is 12.8 Å². The largest absolute Gasteiger partial charge is 0.481 e. The number of aliphatic carboxylic acids is 1. The summed E-state index contributed by atoms with van der Waals surface area (Å²) in [6.07, 6.45) is 15.3. The van der Waals surface area contributed by atoms with Gasteiger partial charge in [0.2, 0.25) is 0 Å². The number of carbonyl (C=O) groups is 1. The third-order valence-electron chi connectivity index (χ3n) is 3.53. The number of hydrogen-bond acceptors (Lipinski definition) is 1. The molecule has 0 saturated heterocycles. The number of hydrogen-bond donors (Lipinski definition) is 1. The third-order valence-corrected chi connectivity index (χ3v) is 4.44. The average molecular weight is 335 g/mol. The Balaban J connectivity index is 3.14. The minimum Gasteiger partial charge on any atom is -0.481 e. The molecule has 0 fully saturated rings. The molecule has 1 N–H and O–H groups in total. The van der Waals surface area contributed by atoms with Gasteiger partial charge < -0.3 is 5.11 Å². The number of carboxylic acid groups (broad SMARTS) is 1. The molecule has 0 aromatic heterocycles. The zero-order chi connectivity index (χ0) is 14.3. The molecule has 1 atom stereocenters. The van der Waals surface area contributed by atoms with Crippen molar-refractivity contribution in [1.82, 2.24) is 0 Å². The molecule has 0 aromatic carbocycles. The lowest BCUT2D eigenvalue weighted by Crippen LogP contribution is -1.98. The van der Waals surface area contributed by atoms with Crippen LogP contribution in [-0.2, 0) is 4.79 Å². The van der Waals surface area contributed by atoms with Crippen LogP contribution in [0.1, 0.15) is 90.4 Å². The first-order chi connectivity index (χ1) is 9.16. The summed E-state index contributed by atoms with van der Waals surface area (Å²) in [7, 11) is 0. The zero-order valence-electron chi connectivity index (χ0n) is 12.5. The summed E-state index contributed by atoms with van der Waals surface area (Å²) in [5, 5.41) is 8.51. The van der Waals surface area contributed by atoms with Crippen molar-refractivity contribution >= 4 is 21.9 Å². The van der Waals surface area contributed by atoms with Crippen LogP contribution in [0.3, 0.4) is 0 Å². The summed E-state index contributed by atoms with van der Waals surface area (Å²) in [6.45, 7) is 2.25. The van der Waals surface area contributed by atoms with Crippen molar-refractivity contribution in [3.8, 4) is 0 Å². The van der Waals surface area contributed by atoms with Crippen LogP contribution in [0.4, 0.5) is 0 Å². The van der Waals surface area contributed by atoms with Gasteiger partial charge >= 0.3 is 5.97 Å². The second-order valence-electron chi connectivity index (χ2n) is 5.50. The highest BCUT2D eigenvalue weighted by molar-refractivity contribution is 9.09. The zero-order valence-corrected chi connectivity index (χ0v) is 14.1. The van der Waals surface area contributed by atoms with Crippen molar-refractivity contribution in [2.45, 2.75) is 95.2 Å². The van der Waals surface area contributed by atoms with Crippen molar-refractivity contribution < 1.29 is 9.90 Å². The van der Waals surface area contributed by atoms with Crippen LogP contribution in [-0.4, -0.2) is 15.9 Å². The second-order valence-corrected chi connectivity index (χ2v) is 6.80. The van der Waals surface area contributed by atoms with Crippen molar-refractivity contribution in [3.05, 3.63) is 0 Å². The van der Waals surface area contributed by atoms with Gasteiger partial charge in [0, 0.05) is 11.2 Å². The van der Waals surface area contributed by atoms with Crippen LogP contribution in [0, 0.1) is 0 Å². The van der Waals surface area contributed by atoms with E-state index in [1.165, 1.54) is 64.2 Å². The molecule has 0 spiro atoms. The number of unbranched alkanes of at least 4 members (excludes halogenated alkanes) is 8. The highest BCUT2D eigenvalue weighted by atomic mass is 79.9. The standard InChI is InChI=1S/C16H31BrO2/c1-2-3-4-9-12-15(17)13-10-7-5-6-8-11-14-16(18)19/h15H,2-14H2,1H3,(H,18,19). The SMILES string of the molecule is CCCCCCC(Br)CCCCCCCCC(=O)O. The van der Waals surface area contributed by atoms with E-state index in [2.05, 4.69) is 22.9 Å². The third kappa shape index (κ3) is 15.9. The fraction of sp³-hybridized carbons (Fsp3) is 0.938. The Kier molecular flexibility index (Phi) is 14.3. The molecule has 114 valence electrons. The van der Waals surface area contributed by atoms with E-state index in [1.807, 2.05) is 0 Å². The highest BCUT2D eigenvalue weighted by Crippen LogP contribution is 2.19. The molecule has 0 bridgehead atoms. The maximum absolute atomic E-state index is 10.3. The first-order valence-corrected chi connectivity index (χ1v) is 8.94. The Morgan fingerprint density at radius 1 is 0.895 bits per heavy atom. The van der Waals surface area contributed by atoms with E-state index in [1.54, 1.807) is 0 Å². The van der Waals surface area contributed by atoms with E-state index in [0.29, 0.717) is 11.2 Å². The number of carboxylic acids is 1. The quantitative estimate of drug-likeness (QED) is 0.316. The summed E-state index contributed by atoms with van der Waals surface area (Å²) in [5.41, 5.74) is 0. The molecule has 0 rings (SSSR count). The molecule has 0 aromatic rings. The van der Waals surface area contributed by atoms with Crippen LogP contribution < -0.4 is 0 Å². The fourth-order valence-electron chi connectivity index (χ4n) is 2.29. The van der Waals surface area contributed by atoms with Crippen molar-refractivity contribution in [2.75, 3.05) is 0 Å². The molecule has 0 amide bonds. The van der Waals surface area contributed by atoms with Gasteiger partial charge in [-0.05, 0) is 19.3 Å². The Hall–Kier alpha value is -0.0500. The predicted octanol–water partition coefficient (Wildman–Crippen LogP) is 5.93. The minimum atomic E-state index is -0.662. The van der Waals surface area contributed by atoms with Crippen LogP contribution in [0.2, 0.25) is 0 Å². The normalized spacial score (nSPS) is 12.5. The lowest BCUT2D eigenvalue weighted by atomic mass is 10.0. The van der Waals surface area contributed by atoms with Crippen molar-refractivity contribution in [2.24, 2.45) is 0 Å². The maximum atomic E-state index is 10.3. The summed E-state index contributed by atoms with van der Waals surface area (Å²) in [5.74, 6) is -0.662. The molecule has 0 aliphatic heterocycles. The summed E-state index contributed by atoms with van der Waals surface area (Å²) < 4.78 is 0.